The van der Waals surface area contributed by atoms with Crippen LogP contribution in [0.5, 0.6) is 0 Å². The lowest BCUT2D eigenvalue weighted by molar-refractivity contribution is 0.0697. The zero-order valence-corrected chi connectivity index (χ0v) is 10.8. The SMILES string of the molecule is CC1CN(C)CCCN1c1ncccc1C(=O)O. The number of aromatic carboxylic acids is 1. The number of carbonyl (C=O) groups is 1. The molecule has 1 fully saturated rings. The van der Waals surface area contributed by atoms with Crippen LogP contribution < -0.4 is 4.90 Å². The van der Waals surface area contributed by atoms with Crippen LogP contribution in [0.15, 0.2) is 18.3 Å². The van der Waals surface area contributed by atoms with E-state index in [1.54, 1.807) is 18.3 Å². The molecule has 1 aliphatic heterocycles. The van der Waals surface area contributed by atoms with Crippen molar-refractivity contribution in [2.24, 2.45) is 0 Å². The molecule has 0 bridgehead atoms. The van der Waals surface area contributed by atoms with E-state index in [4.69, 9.17) is 0 Å². The quantitative estimate of drug-likeness (QED) is 0.856. The Hall–Kier alpha value is -1.62. The first-order valence-electron chi connectivity index (χ1n) is 6.23. The van der Waals surface area contributed by atoms with Gasteiger partial charge >= 0.3 is 5.97 Å². The van der Waals surface area contributed by atoms with E-state index in [9.17, 15) is 9.90 Å². The molecule has 1 atom stereocenters. The van der Waals surface area contributed by atoms with Gasteiger partial charge in [-0.05, 0) is 39.1 Å². The Morgan fingerprint density at radius 1 is 1.50 bits per heavy atom. The number of likely N-dealkylation sites (N-methyl/N-ethyl adjacent to an activating group) is 1. The normalized spacial score (nSPS) is 21.7. The highest BCUT2D eigenvalue weighted by Crippen LogP contribution is 2.22. The number of carboxylic acids is 1. The number of pyridine rings is 1. The minimum atomic E-state index is -0.914. The Morgan fingerprint density at radius 2 is 2.28 bits per heavy atom. The third-order valence-corrected chi connectivity index (χ3v) is 3.34. The Bertz CT molecular complexity index is 436. The molecule has 2 rings (SSSR count). The van der Waals surface area contributed by atoms with Crippen LogP contribution in [-0.2, 0) is 0 Å². The summed E-state index contributed by atoms with van der Waals surface area (Å²) >= 11 is 0. The summed E-state index contributed by atoms with van der Waals surface area (Å²) in [5, 5.41) is 9.23. The van der Waals surface area contributed by atoms with Gasteiger partial charge in [-0.25, -0.2) is 9.78 Å². The summed E-state index contributed by atoms with van der Waals surface area (Å²) in [5.74, 6) is -0.323. The van der Waals surface area contributed by atoms with Gasteiger partial charge in [0.1, 0.15) is 11.4 Å². The molecule has 1 aromatic heterocycles. The first kappa shape index (κ1) is 12.8. The molecule has 0 aromatic carbocycles. The van der Waals surface area contributed by atoms with Crippen molar-refractivity contribution in [2.75, 3.05) is 31.6 Å². The number of hydrogen-bond donors (Lipinski definition) is 1. The van der Waals surface area contributed by atoms with E-state index in [0.717, 1.165) is 26.1 Å². The average molecular weight is 249 g/mol. The maximum Gasteiger partial charge on any atom is 0.339 e. The number of carboxylic acid groups (broad SMARTS) is 1. The van der Waals surface area contributed by atoms with Crippen LogP contribution in [0.3, 0.4) is 0 Å². The van der Waals surface area contributed by atoms with E-state index in [-0.39, 0.29) is 11.6 Å². The highest BCUT2D eigenvalue weighted by Gasteiger charge is 2.24. The van der Waals surface area contributed by atoms with Gasteiger partial charge < -0.3 is 14.9 Å². The Morgan fingerprint density at radius 3 is 3.00 bits per heavy atom. The number of aromatic nitrogens is 1. The molecule has 0 aliphatic carbocycles. The smallest absolute Gasteiger partial charge is 0.339 e. The van der Waals surface area contributed by atoms with Crippen molar-refractivity contribution >= 4 is 11.8 Å². The summed E-state index contributed by atoms with van der Waals surface area (Å²) in [6.07, 6.45) is 2.68. The molecule has 1 aromatic rings. The molecule has 5 heteroatoms. The van der Waals surface area contributed by atoms with Gasteiger partial charge in [-0.15, -0.1) is 0 Å². The van der Waals surface area contributed by atoms with Gasteiger partial charge in [-0.2, -0.15) is 0 Å². The number of anilines is 1. The van der Waals surface area contributed by atoms with E-state index >= 15 is 0 Å². The lowest BCUT2D eigenvalue weighted by atomic mass is 10.2. The second-order valence-electron chi connectivity index (χ2n) is 4.84. The van der Waals surface area contributed by atoms with Crippen molar-refractivity contribution < 1.29 is 9.90 Å². The van der Waals surface area contributed by atoms with Gasteiger partial charge in [0, 0.05) is 25.3 Å². The summed E-state index contributed by atoms with van der Waals surface area (Å²) in [7, 11) is 2.09. The number of rotatable bonds is 2. The molecule has 0 amide bonds. The molecule has 0 spiro atoms. The molecule has 1 saturated heterocycles. The van der Waals surface area contributed by atoms with Crippen LogP contribution in [0.25, 0.3) is 0 Å². The average Bonchev–Trinajstić information content (AvgIpc) is 2.50. The monoisotopic (exact) mass is 249 g/mol. The molecule has 0 saturated carbocycles. The molecule has 0 radical (unpaired) electrons. The minimum absolute atomic E-state index is 0.269. The minimum Gasteiger partial charge on any atom is -0.478 e. The van der Waals surface area contributed by atoms with Crippen LogP contribution in [-0.4, -0.2) is 53.7 Å². The van der Waals surface area contributed by atoms with E-state index in [0.29, 0.717) is 5.82 Å². The fourth-order valence-corrected chi connectivity index (χ4v) is 2.48. The Labute approximate surface area is 107 Å². The summed E-state index contributed by atoms with van der Waals surface area (Å²) < 4.78 is 0. The third-order valence-electron chi connectivity index (χ3n) is 3.34. The molecule has 1 aliphatic rings. The van der Waals surface area contributed by atoms with Crippen LogP contribution in [0.2, 0.25) is 0 Å². The van der Waals surface area contributed by atoms with Gasteiger partial charge in [0.25, 0.3) is 0 Å². The standard InChI is InChI=1S/C13H19N3O2/c1-10-9-15(2)7-4-8-16(10)12-11(13(17)18)5-3-6-14-12/h3,5-6,10H,4,7-9H2,1-2H3,(H,17,18). The maximum absolute atomic E-state index is 11.2. The van der Waals surface area contributed by atoms with Crippen molar-refractivity contribution in [3.05, 3.63) is 23.9 Å². The molecular formula is C13H19N3O2. The van der Waals surface area contributed by atoms with Crippen molar-refractivity contribution in [3.63, 3.8) is 0 Å². The van der Waals surface area contributed by atoms with Crippen LogP contribution in [0, 0.1) is 0 Å². The van der Waals surface area contributed by atoms with Crippen molar-refractivity contribution in [2.45, 2.75) is 19.4 Å². The Balaban J connectivity index is 2.32. The van der Waals surface area contributed by atoms with Gasteiger partial charge in [0.15, 0.2) is 0 Å². The molecular weight excluding hydrogens is 230 g/mol. The van der Waals surface area contributed by atoms with Crippen LogP contribution >= 0.6 is 0 Å². The fraction of sp³-hybridized carbons (Fsp3) is 0.538. The molecule has 5 nitrogen and oxygen atoms in total. The van der Waals surface area contributed by atoms with E-state index in [2.05, 4.69) is 28.8 Å². The highest BCUT2D eigenvalue weighted by molar-refractivity contribution is 5.93. The lowest BCUT2D eigenvalue weighted by Crippen LogP contribution is -2.39. The predicted molar refractivity (Wildman–Crippen MR) is 70.1 cm³/mol. The first-order chi connectivity index (χ1) is 8.59. The van der Waals surface area contributed by atoms with E-state index in [1.165, 1.54) is 0 Å². The zero-order valence-electron chi connectivity index (χ0n) is 10.8. The molecule has 98 valence electrons. The van der Waals surface area contributed by atoms with Gasteiger partial charge in [0.05, 0.1) is 0 Å². The second kappa shape index (κ2) is 5.35. The molecule has 1 unspecified atom stereocenters. The summed E-state index contributed by atoms with van der Waals surface area (Å²) in [6, 6.07) is 3.55. The van der Waals surface area contributed by atoms with Gasteiger partial charge in [-0.3, -0.25) is 0 Å². The number of nitrogens with zero attached hydrogens (tertiary/aromatic N) is 3. The van der Waals surface area contributed by atoms with Gasteiger partial charge in [-0.1, -0.05) is 0 Å². The fourth-order valence-electron chi connectivity index (χ4n) is 2.48. The maximum atomic E-state index is 11.2. The van der Waals surface area contributed by atoms with Crippen molar-refractivity contribution in [1.29, 1.82) is 0 Å². The summed E-state index contributed by atoms with van der Waals surface area (Å²) in [4.78, 5) is 19.9. The van der Waals surface area contributed by atoms with E-state index < -0.39 is 5.97 Å². The van der Waals surface area contributed by atoms with Crippen molar-refractivity contribution in [3.8, 4) is 0 Å². The van der Waals surface area contributed by atoms with Crippen molar-refractivity contribution in [1.82, 2.24) is 9.88 Å². The van der Waals surface area contributed by atoms with Crippen LogP contribution in [0.4, 0.5) is 5.82 Å². The third kappa shape index (κ3) is 2.61. The summed E-state index contributed by atoms with van der Waals surface area (Å²) in [5.41, 5.74) is 0.286. The topological polar surface area (TPSA) is 56.7 Å². The molecule has 1 N–H and O–H groups in total. The molecule has 2 heterocycles. The van der Waals surface area contributed by atoms with Crippen LogP contribution in [0.1, 0.15) is 23.7 Å². The van der Waals surface area contributed by atoms with E-state index in [1.807, 2.05) is 0 Å². The first-order valence-corrected chi connectivity index (χ1v) is 6.23. The Kier molecular flexibility index (Phi) is 3.81. The van der Waals surface area contributed by atoms with Gasteiger partial charge in [0.2, 0.25) is 0 Å². The number of hydrogen-bond acceptors (Lipinski definition) is 4. The summed E-state index contributed by atoms with van der Waals surface area (Å²) in [6.45, 7) is 4.93. The highest BCUT2D eigenvalue weighted by atomic mass is 16.4. The zero-order chi connectivity index (χ0) is 13.1. The predicted octanol–water partition coefficient (Wildman–Crippen LogP) is 1.31. The second-order valence-corrected chi connectivity index (χ2v) is 4.84. The largest absolute Gasteiger partial charge is 0.478 e. The molecule has 18 heavy (non-hydrogen) atoms. The lowest BCUT2D eigenvalue weighted by Gasteiger charge is -2.29.